The molecule has 1 atom stereocenters. The molecule has 0 saturated carbocycles. The number of carbonyl (C=O) groups excluding carboxylic acids is 2. The quantitative estimate of drug-likeness (QED) is 0.196. The number of Topliss-reactive ketones (excluding diaryl/α,β-unsaturated/α-hetero) is 1. The van der Waals surface area contributed by atoms with Crippen LogP contribution in [0.4, 0.5) is 0 Å². The number of aromatic nitrogens is 1. The Morgan fingerprint density at radius 1 is 1.00 bits per heavy atom. The number of amides is 1. The van der Waals surface area contributed by atoms with Crippen molar-refractivity contribution in [3.8, 4) is 17.2 Å². The van der Waals surface area contributed by atoms with Gasteiger partial charge in [-0.1, -0.05) is 24.3 Å². The van der Waals surface area contributed by atoms with Crippen LogP contribution >= 0.6 is 0 Å². The van der Waals surface area contributed by atoms with Crippen LogP contribution in [0.1, 0.15) is 22.7 Å². The number of likely N-dealkylation sites (tertiary alicyclic amines) is 1. The topological polar surface area (TPSA) is 112 Å². The van der Waals surface area contributed by atoms with Crippen molar-refractivity contribution in [1.29, 1.82) is 0 Å². The van der Waals surface area contributed by atoms with Crippen LogP contribution in [0.15, 0.2) is 78.5 Å². The lowest BCUT2D eigenvalue weighted by Gasteiger charge is -2.25. The second kappa shape index (κ2) is 9.73. The largest absolute Gasteiger partial charge is 0.507 e. The van der Waals surface area contributed by atoms with E-state index in [1.165, 1.54) is 25.2 Å². The zero-order valence-electron chi connectivity index (χ0n) is 20.4. The van der Waals surface area contributed by atoms with Crippen LogP contribution in [0.25, 0.3) is 16.7 Å². The third-order valence-corrected chi connectivity index (χ3v) is 6.72. The molecule has 4 aromatic rings. The molecule has 1 aliphatic rings. The summed E-state index contributed by atoms with van der Waals surface area (Å²) in [6.07, 6.45) is 2.39. The van der Waals surface area contributed by atoms with E-state index < -0.39 is 17.7 Å². The first-order valence-electron chi connectivity index (χ1n) is 11.8. The lowest BCUT2D eigenvalue weighted by atomic mass is 9.94. The normalized spacial score (nSPS) is 16.9. The first-order chi connectivity index (χ1) is 17.9. The van der Waals surface area contributed by atoms with Gasteiger partial charge in [-0.25, -0.2) is 0 Å². The number of phenolic OH excluding ortho intramolecular Hbond substituents is 1. The van der Waals surface area contributed by atoms with Gasteiger partial charge in [-0.05, 0) is 60.0 Å². The van der Waals surface area contributed by atoms with Gasteiger partial charge in [0, 0.05) is 29.2 Å². The van der Waals surface area contributed by atoms with Gasteiger partial charge in [-0.2, -0.15) is 0 Å². The van der Waals surface area contributed by atoms with E-state index in [1.54, 1.807) is 36.4 Å². The minimum atomic E-state index is -0.873. The first kappa shape index (κ1) is 24.0. The summed E-state index contributed by atoms with van der Waals surface area (Å²) in [5, 5.41) is 22.4. The van der Waals surface area contributed by atoms with Crippen molar-refractivity contribution in [2.75, 3.05) is 20.8 Å². The van der Waals surface area contributed by atoms with E-state index in [4.69, 9.17) is 9.47 Å². The number of ketones is 1. The highest BCUT2D eigenvalue weighted by Crippen LogP contribution is 2.42. The fourth-order valence-corrected chi connectivity index (χ4v) is 4.81. The van der Waals surface area contributed by atoms with E-state index >= 15 is 0 Å². The lowest BCUT2D eigenvalue weighted by molar-refractivity contribution is -0.139. The zero-order valence-corrected chi connectivity index (χ0v) is 20.4. The number of aromatic hydroxyl groups is 1. The van der Waals surface area contributed by atoms with E-state index in [0.717, 1.165) is 16.5 Å². The lowest BCUT2D eigenvalue weighted by Crippen LogP contribution is -2.31. The van der Waals surface area contributed by atoms with Gasteiger partial charge < -0.3 is 29.6 Å². The summed E-state index contributed by atoms with van der Waals surface area (Å²) >= 11 is 0. The van der Waals surface area contributed by atoms with E-state index in [-0.39, 0.29) is 29.4 Å². The van der Waals surface area contributed by atoms with Gasteiger partial charge in [-0.15, -0.1) is 0 Å². The van der Waals surface area contributed by atoms with Crippen LogP contribution in [-0.4, -0.2) is 52.6 Å². The number of fused-ring (bicyclic) bond motifs is 1. The number of phenols is 1. The molecule has 1 fully saturated rings. The van der Waals surface area contributed by atoms with Crippen molar-refractivity contribution in [1.82, 2.24) is 9.88 Å². The first-order valence-corrected chi connectivity index (χ1v) is 11.8. The number of para-hydroxylation sites is 1. The Bertz CT molecular complexity index is 1520. The maximum absolute atomic E-state index is 13.3. The molecule has 3 aromatic carbocycles. The van der Waals surface area contributed by atoms with Gasteiger partial charge in [0.15, 0.2) is 11.5 Å². The van der Waals surface area contributed by atoms with Crippen LogP contribution < -0.4 is 9.47 Å². The van der Waals surface area contributed by atoms with Crippen LogP contribution in [0, 0.1) is 0 Å². The molecule has 0 aliphatic carbocycles. The number of aromatic amines is 1. The highest BCUT2D eigenvalue weighted by Gasteiger charge is 2.46. The molecule has 3 N–H and O–H groups in total. The van der Waals surface area contributed by atoms with E-state index in [9.17, 15) is 19.8 Å². The molecule has 0 radical (unpaired) electrons. The van der Waals surface area contributed by atoms with Crippen molar-refractivity contribution >= 4 is 28.4 Å². The van der Waals surface area contributed by atoms with Gasteiger partial charge in [-0.3, -0.25) is 9.59 Å². The van der Waals surface area contributed by atoms with Crippen molar-refractivity contribution < 1.29 is 29.3 Å². The van der Waals surface area contributed by atoms with Crippen molar-refractivity contribution in [2.24, 2.45) is 0 Å². The molecular weight excluding hydrogens is 472 g/mol. The average molecular weight is 499 g/mol. The number of benzene rings is 3. The summed E-state index contributed by atoms with van der Waals surface area (Å²) in [5.74, 6) is -1.04. The number of nitrogens with one attached hydrogen (secondary N) is 1. The number of nitrogens with zero attached hydrogens (tertiary/aromatic N) is 1. The number of hydrogen-bond donors (Lipinski definition) is 3. The predicted molar refractivity (Wildman–Crippen MR) is 139 cm³/mol. The van der Waals surface area contributed by atoms with Crippen molar-refractivity contribution in [3.05, 3.63) is 95.2 Å². The number of methoxy groups -OCH3 is 2. The molecule has 0 bridgehead atoms. The molecular formula is C29H26N2O6. The molecule has 8 nitrogen and oxygen atoms in total. The summed E-state index contributed by atoms with van der Waals surface area (Å²) in [6, 6.07) is 18.2. The van der Waals surface area contributed by atoms with Gasteiger partial charge in [0.2, 0.25) is 0 Å². The Morgan fingerprint density at radius 2 is 1.76 bits per heavy atom. The molecule has 0 spiro atoms. The Kier molecular flexibility index (Phi) is 6.31. The minimum Gasteiger partial charge on any atom is -0.507 e. The van der Waals surface area contributed by atoms with Crippen molar-refractivity contribution in [2.45, 2.75) is 12.5 Å². The molecule has 5 rings (SSSR count). The number of H-pyrrole nitrogens is 1. The average Bonchev–Trinajstić information content (AvgIpc) is 3.45. The Labute approximate surface area is 213 Å². The second-order valence-corrected chi connectivity index (χ2v) is 8.76. The molecule has 8 heteroatoms. The maximum atomic E-state index is 13.3. The molecule has 1 amide bonds. The molecule has 2 heterocycles. The monoisotopic (exact) mass is 498 g/mol. The highest BCUT2D eigenvalue weighted by atomic mass is 16.5. The molecule has 1 saturated heterocycles. The van der Waals surface area contributed by atoms with Crippen LogP contribution in [0.5, 0.6) is 17.2 Å². The van der Waals surface area contributed by atoms with Gasteiger partial charge in [0.25, 0.3) is 11.7 Å². The Morgan fingerprint density at radius 3 is 2.49 bits per heavy atom. The molecule has 37 heavy (non-hydrogen) atoms. The van der Waals surface area contributed by atoms with Crippen molar-refractivity contribution in [3.63, 3.8) is 0 Å². The van der Waals surface area contributed by atoms with E-state index in [1.807, 2.05) is 30.5 Å². The molecule has 188 valence electrons. The SMILES string of the molecule is COc1ccc(C(O)=C2C(=O)C(=O)N(CCc3c[nH]c4ccccc34)C2c2ccc(O)c(OC)c2)cc1. The van der Waals surface area contributed by atoms with Gasteiger partial charge in [0.05, 0.1) is 25.8 Å². The smallest absolute Gasteiger partial charge is 0.295 e. The third-order valence-electron chi connectivity index (χ3n) is 6.72. The summed E-state index contributed by atoms with van der Waals surface area (Å²) in [4.78, 5) is 31.3. The molecule has 1 unspecified atom stereocenters. The number of aliphatic hydroxyl groups excluding tert-OH is 1. The van der Waals surface area contributed by atoms with Crippen LogP contribution in [-0.2, 0) is 16.0 Å². The summed E-state index contributed by atoms with van der Waals surface area (Å²) in [5.41, 5.74) is 2.88. The Hall–Kier alpha value is -4.72. The maximum Gasteiger partial charge on any atom is 0.295 e. The summed E-state index contributed by atoms with van der Waals surface area (Å²) in [6.45, 7) is 0.236. The number of carbonyl (C=O) groups is 2. The third kappa shape index (κ3) is 4.27. The fraction of sp³-hybridized carbons (Fsp3) is 0.172. The van der Waals surface area contributed by atoms with E-state index in [0.29, 0.717) is 23.3 Å². The predicted octanol–water partition coefficient (Wildman–Crippen LogP) is 4.56. The van der Waals surface area contributed by atoms with Crippen LogP contribution in [0.2, 0.25) is 0 Å². The minimum absolute atomic E-state index is 0.0261. The molecule has 1 aromatic heterocycles. The zero-order chi connectivity index (χ0) is 26.1. The number of aliphatic hydroxyl groups is 1. The standard InChI is InChI=1S/C29H26N2O6/c1-36-20-10-7-17(8-11-20)27(33)25-26(18-9-12-23(32)24(15-18)37-2)31(29(35)28(25)34)14-13-19-16-30-22-6-4-3-5-21(19)22/h3-12,15-16,26,30,32-33H,13-14H2,1-2H3. The second-order valence-electron chi connectivity index (χ2n) is 8.76. The fourth-order valence-electron chi connectivity index (χ4n) is 4.81. The van der Waals surface area contributed by atoms with Gasteiger partial charge in [0.1, 0.15) is 11.5 Å². The number of hydrogen-bond acceptors (Lipinski definition) is 6. The highest BCUT2D eigenvalue weighted by molar-refractivity contribution is 6.46. The Balaban J connectivity index is 1.58. The van der Waals surface area contributed by atoms with Crippen LogP contribution in [0.3, 0.4) is 0 Å². The molecule has 1 aliphatic heterocycles. The summed E-state index contributed by atoms with van der Waals surface area (Å²) in [7, 11) is 2.95. The number of rotatable bonds is 7. The summed E-state index contributed by atoms with van der Waals surface area (Å²) < 4.78 is 10.5. The number of ether oxygens (including phenoxy) is 2. The van der Waals surface area contributed by atoms with E-state index in [2.05, 4.69) is 4.98 Å². The van der Waals surface area contributed by atoms with Gasteiger partial charge >= 0.3 is 0 Å².